The van der Waals surface area contributed by atoms with Gasteiger partial charge in [-0.25, -0.2) is 14.6 Å². The van der Waals surface area contributed by atoms with Crippen molar-refractivity contribution in [3.63, 3.8) is 0 Å². The van der Waals surface area contributed by atoms with Crippen LogP contribution in [-0.4, -0.2) is 39.3 Å². The van der Waals surface area contributed by atoms with Gasteiger partial charge < -0.3 is 0 Å². The van der Waals surface area contributed by atoms with E-state index in [1.165, 1.54) is 17.2 Å². The molecule has 0 atom stereocenters. The topological polar surface area (TPSA) is 96.3 Å². The number of hydrogen-bond acceptors (Lipinski definition) is 6. The Kier molecular flexibility index (Phi) is 3.64. The van der Waals surface area contributed by atoms with E-state index in [0.29, 0.717) is 11.5 Å². The minimum atomic E-state index is -0.263. The first kappa shape index (κ1) is 16.1. The van der Waals surface area contributed by atoms with Crippen molar-refractivity contribution in [2.75, 3.05) is 0 Å². The molecule has 0 unspecified atom stereocenters. The first-order valence-corrected chi connectivity index (χ1v) is 8.21. The Hall–Kier alpha value is -3.36. The van der Waals surface area contributed by atoms with Crippen molar-refractivity contribution in [2.24, 2.45) is 0 Å². The molecule has 0 saturated carbocycles. The molecule has 4 rings (SSSR count). The van der Waals surface area contributed by atoms with Crippen molar-refractivity contribution in [3.8, 4) is 5.69 Å². The van der Waals surface area contributed by atoms with Gasteiger partial charge in [0.1, 0.15) is 18.5 Å². The van der Waals surface area contributed by atoms with Crippen molar-refractivity contribution < 1.29 is 0 Å². The van der Waals surface area contributed by atoms with Crippen LogP contribution in [0.25, 0.3) is 16.9 Å². The van der Waals surface area contributed by atoms with Crippen molar-refractivity contribution in [1.29, 1.82) is 0 Å². The van der Waals surface area contributed by atoms with E-state index in [2.05, 4.69) is 25.4 Å². The molecule has 0 aliphatic carbocycles. The molecule has 1 aromatic carbocycles. The van der Waals surface area contributed by atoms with E-state index in [1.807, 2.05) is 51.1 Å². The summed E-state index contributed by atoms with van der Waals surface area (Å²) < 4.78 is 4.82. The fraction of sp³-hybridized carbons (Fsp3) is 0.294. The molecule has 0 saturated heterocycles. The van der Waals surface area contributed by atoms with Gasteiger partial charge in [-0.1, -0.05) is 23.4 Å². The van der Waals surface area contributed by atoms with E-state index < -0.39 is 0 Å². The standard InChI is InChI=1S/C17H18N8O/c1-17(2,3)25-13(18-10-20-25)9-23-11-19-15-14(16(23)26)21-22-24(15)12-7-5-4-6-8-12/h4-8,10-11H,9H2,1-3H3. The van der Waals surface area contributed by atoms with Crippen LogP contribution < -0.4 is 5.56 Å². The highest BCUT2D eigenvalue weighted by Gasteiger charge is 2.20. The van der Waals surface area contributed by atoms with Gasteiger partial charge in [-0.05, 0) is 32.9 Å². The van der Waals surface area contributed by atoms with Crippen LogP contribution in [0.2, 0.25) is 0 Å². The van der Waals surface area contributed by atoms with Crippen LogP contribution in [0.4, 0.5) is 0 Å². The summed E-state index contributed by atoms with van der Waals surface area (Å²) >= 11 is 0. The highest BCUT2D eigenvalue weighted by atomic mass is 16.1. The number of benzene rings is 1. The van der Waals surface area contributed by atoms with Crippen LogP contribution >= 0.6 is 0 Å². The quantitative estimate of drug-likeness (QED) is 0.554. The number of aromatic nitrogens is 8. The molecule has 0 fully saturated rings. The Morgan fingerprint density at radius 2 is 1.85 bits per heavy atom. The van der Waals surface area contributed by atoms with E-state index >= 15 is 0 Å². The number of nitrogens with zero attached hydrogens (tertiary/aromatic N) is 8. The normalized spacial score (nSPS) is 12.0. The summed E-state index contributed by atoms with van der Waals surface area (Å²) in [6.45, 7) is 6.35. The van der Waals surface area contributed by atoms with Crippen LogP contribution in [0.3, 0.4) is 0 Å². The first-order valence-electron chi connectivity index (χ1n) is 8.21. The lowest BCUT2D eigenvalue weighted by Gasteiger charge is -2.21. The van der Waals surface area contributed by atoms with E-state index in [1.54, 1.807) is 9.36 Å². The van der Waals surface area contributed by atoms with Crippen LogP contribution in [0.1, 0.15) is 26.6 Å². The zero-order chi connectivity index (χ0) is 18.3. The van der Waals surface area contributed by atoms with Gasteiger partial charge in [0.2, 0.25) is 0 Å². The van der Waals surface area contributed by atoms with Crippen LogP contribution in [0.5, 0.6) is 0 Å². The predicted octanol–water partition coefficient (Wildman–Crippen LogP) is 1.37. The summed E-state index contributed by atoms with van der Waals surface area (Å²) in [5, 5.41) is 12.4. The van der Waals surface area contributed by atoms with E-state index in [4.69, 9.17) is 0 Å². The van der Waals surface area contributed by atoms with Crippen molar-refractivity contribution >= 4 is 11.2 Å². The Morgan fingerprint density at radius 1 is 1.08 bits per heavy atom. The van der Waals surface area contributed by atoms with Gasteiger partial charge >= 0.3 is 0 Å². The number of rotatable bonds is 3. The summed E-state index contributed by atoms with van der Waals surface area (Å²) in [5.41, 5.74) is 0.948. The van der Waals surface area contributed by atoms with Gasteiger partial charge in [0.25, 0.3) is 5.56 Å². The van der Waals surface area contributed by atoms with Crippen molar-refractivity contribution in [1.82, 2.24) is 39.3 Å². The molecule has 0 aliphatic rings. The molecular formula is C17H18N8O. The molecule has 9 nitrogen and oxygen atoms in total. The van der Waals surface area contributed by atoms with Crippen molar-refractivity contribution in [3.05, 3.63) is 59.2 Å². The summed E-state index contributed by atoms with van der Waals surface area (Å²) in [6, 6.07) is 9.46. The van der Waals surface area contributed by atoms with Gasteiger partial charge in [-0.3, -0.25) is 9.36 Å². The van der Waals surface area contributed by atoms with E-state index in [-0.39, 0.29) is 23.2 Å². The zero-order valence-corrected chi connectivity index (χ0v) is 14.7. The number of para-hydroxylation sites is 1. The average Bonchev–Trinajstić information content (AvgIpc) is 3.25. The molecular weight excluding hydrogens is 332 g/mol. The molecule has 0 radical (unpaired) electrons. The van der Waals surface area contributed by atoms with E-state index in [9.17, 15) is 4.79 Å². The highest BCUT2D eigenvalue weighted by molar-refractivity contribution is 5.70. The Balaban J connectivity index is 1.77. The number of hydrogen-bond donors (Lipinski definition) is 0. The summed E-state index contributed by atoms with van der Waals surface area (Å²) in [5.74, 6) is 0.677. The second-order valence-electron chi connectivity index (χ2n) is 6.95. The third kappa shape index (κ3) is 2.67. The lowest BCUT2D eigenvalue weighted by Crippen LogP contribution is -2.29. The Bertz CT molecular complexity index is 1120. The summed E-state index contributed by atoms with van der Waals surface area (Å²) in [6.07, 6.45) is 2.98. The predicted molar refractivity (Wildman–Crippen MR) is 95.0 cm³/mol. The molecule has 0 aliphatic heterocycles. The third-order valence-corrected chi connectivity index (χ3v) is 4.00. The second-order valence-corrected chi connectivity index (χ2v) is 6.95. The molecule has 26 heavy (non-hydrogen) atoms. The fourth-order valence-corrected chi connectivity index (χ4v) is 2.79. The lowest BCUT2D eigenvalue weighted by molar-refractivity contribution is 0.338. The minimum Gasteiger partial charge on any atom is -0.289 e. The Morgan fingerprint density at radius 3 is 2.58 bits per heavy atom. The summed E-state index contributed by atoms with van der Waals surface area (Å²) in [4.78, 5) is 21.5. The lowest BCUT2D eigenvalue weighted by atomic mass is 10.1. The molecule has 9 heteroatoms. The smallest absolute Gasteiger partial charge is 0.283 e. The van der Waals surface area contributed by atoms with Gasteiger partial charge in [0.05, 0.1) is 17.8 Å². The maximum absolute atomic E-state index is 12.8. The third-order valence-electron chi connectivity index (χ3n) is 4.00. The monoisotopic (exact) mass is 350 g/mol. The van der Waals surface area contributed by atoms with Gasteiger partial charge in [-0.2, -0.15) is 9.78 Å². The zero-order valence-electron chi connectivity index (χ0n) is 14.7. The molecule has 0 amide bonds. The van der Waals surface area contributed by atoms with Crippen LogP contribution in [0, 0.1) is 0 Å². The largest absolute Gasteiger partial charge is 0.289 e. The van der Waals surface area contributed by atoms with Gasteiger partial charge in [0.15, 0.2) is 11.2 Å². The molecule has 4 aromatic rings. The fourth-order valence-electron chi connectivity index (χ4n) is 2.79. The van der Waals surface area contributed by atoms with Crippen LogP contribution in [0.15, 0.2) is 47.8 Å². The summed E-state index contributed by atoms with van der Waals surface area (Å²) in [7, 11) is 0. The first-order chi connectivity index (χ1) is 12.4. The maximum atomic E-state index is 12.8. The SMILES string of the molecule is CC(C)(C)n1ncnc1Cn1cnc2c(nnn2-c2ccccc2)c1=O. The highest BCUT2D eigenvalue weighted by Crippen LogP contribution is 2.15. The van der Waals surface area contributed by atoms with Gasteiger partial charge in [-0.15, -0.1) is 5.10 Å². The van der Waals surface area contributed by atoms with Crippen molar-refractivity contribution in [2.45, 2.75) is 32.9 Å². The molecule has 0 spiro atoms. The Labute approximate surface area is 148 Å². The molecule has 0 bridgehead atoms. The van der Waals surface area contributed by atoms with Gasteiger partial charge in [0, 0.05) is 0 Å². The molecule has 0 N–H and O–H groups in total. The molecule has 132 valence electrons. The maximum Gasteiger partial charge on any atom is 0.283 e. The van der Waals surface area contributed by atoms with E-state index in [0.717, 1.165) is 5.69 Å². The van der Waals surface area contributed by atoms with Crippen LogP contribution in [-0.2, 0) is 12.1 Å². The molecule has 3 heterocycles. The minimum absolute atomic E-state index is 0.221. The second kappa shape index (κ2) is 5.87. The number of fused-ring (bicyclic) bond motifs is 1. The molecule has 3 aromatic heterocycles. The average molecular weight is 350 g/mol.